The maximum atomic E-state index is 12.6. The van der Waals surface area contributed by atoms with Crippen molar-refractivity contribution in [3.63, 3.8) is 0 Å². The molecule has 1 aliphatic rings. The molecule has 2 heterocycles. The molecule has 1 amide bonds. The monoisotopic (exact) mass is 344 g/mol. The van der Waals surface area contributed by atoms with Crippen molar-refractivity contribution in [3.8, 4) is 0 Å². The Morgan fingerprint density at radius 2 is 1.92 bits per heavy atom. The SMILES string of the molecule is Cc1ccc(Cl)cc1Nc1ccnc(C(=O)N2CCN(C)CC2)c1. The molecular formula is C18H21ClN4O. The lowest BCUT2D eigenvalue weighted by Gasteiger charge is -2.32. The van der Waals surface area contributed by atoms with Crippen LogP contribution < -0.4 is 5.32 Å². The first kappa shape index (κ1) is 16.7. The highest BCUT2D eigenvalue weighted by Crippen LogP contribution is 2.24. The third-order valence-corrected chi connectivity index (χ3v) is 4.48. The Morgan fingerprint density at radius 3 is 2.67 bits per heavy atom. The zero-order valence-electron chi connectivity index (χ0n) is 13.9. The first-order chi connectivity index (χ1) is 11.5. The van der Waals surface area contributed by atoms with Crippen LogP contribution in [0.1, 0.15) is 16.1 Å². The number of aromatic nitrogens is 1. The summed E-state index contributed by atoms with van der Waals surface area (Å²) in [5.74, 6) is -0.0189. The molecule has 0 aliphatic carbocycles. The number of benzene rings is 1. The lowest BCUT2D eigenvalue weighted by molar-refractivity contribution is 0.0658. The predicted molar refractivity (Wildman–Crippen MR) is 97.1 cm³/mol. The molecule has 6 heteroatoms. The maximum absolute atomic E-state index is 12.6. The van der Waals surface area contributed by atoms with Crippen LogP contribution in [0.2, 0.25) is 5.02 Å². The molecule has 1 fully saturated rings. The normalized spacial score (nSPS) is 15.4. The molecule has 0 saturated carbocycles. The van der Waals surface area contributed by atoms with Crippen LogP contribution in [0, 0.1) is 6.92 Å². The Bertz CT molecular complexity index is 742. The second kappa shape index (κ2) is 7.20. The van der Waals surface area contributed by atoms with E-state index in [0.717, 1.165) is 43.1 Å². The van der Waals surface area contributed by atoms with Crippen molar-refractivity contribution >= 4 is 28.9 Å². The predicted octanol–water partition coefficient (Wildman–Crippen LogP) is 3.17. The second-order valence-corrected chi connectivity index (χ2v) is 6.55. The molecule has 0 unspecified atom stereocenters. The molecule has 5 nitrogen and oxygen atoms in total. The standard InChI is InChI=1S/C18H21ClN4O/c1-13-3-4-14(19)11-16(13)21-15-5-6-20-17(12-15)18(24)23-9-7-22(2)8-10-23/h3-6,11-12H,7-10H2,1-2H3,(H,20,21). The van der Waals surface area contributed by atoms with E-state index in [1.54, 1.807) is 12.3 Å². The molecule has 0 atom stereocenters. The Labute approximate surface area is 147 Å². The average Bonchev–Trinajstić information content (AvgIpc) is 2.58. The van der Waals surface area contributed by atoms with Gasteiger partial charge in [-0.1, -0.05) is 17.7 Å². The Balaban J connectivity index is 1.76. The van der Waals surface area contributed by atoms with Crippen molar-refractivity contribution in [1.82, 2.24) is 14.8 Å². The molecule has 1 N–H and O–H groups in total. The van der Waals surface area contributed by atoms with Crippen LogP contribution >= 0.6 is 11.6 Å². The Kier molecular flexibility index (Phi) is 5.02. The molecule has 2 aromatic rings. The van der Waals surface area contributed by atoms with Gasteiger partial charge in [-0.25, -0.2) is 0 Å². The molecule has 1 saturated heterocycles. The van der Waals surface area contributed by atoms with Crippen molar-refractivity contribution in [1.29, 1.82) is 0 Å². The number of pyridine rings is 1. The van der Waals surface area contributed by atoms with Crippen molar-refractivity contribution in [2.75, 3.05) is 38.5 Å². The van der Waals surface area contributed by atoms with Gasteiger partial charge >= 0.3 is 0 Å². The number of amides is 1. The first-order valence-electron chi connectivity index (χ1n) is 8.00. The third kappa shape index (κ3) is 3.86. The van der Waals surface area contributed by atoms with Crippen LogP contribution in [-0.4, -0.2) is 53.9 Å². The topological polar surface area (TPSA) is 48.5 Å². The minimum Gasteiger partial charge on any atom is -0.355 e. The smallest absolute Gasteiger partial charge is 0.272 e. The van der Waals surface area contributed by atoms with Gasteiger partial charge in [0.1, 0.15) is 5.69 Å². The van der Waals surface area contributed by atoms with E-state index in [1.165, 1.54) is 0 Å². The van der Waals surface area contributed by atoms with E-state index in [0.29, 0.717) is 10.7 Å². The number of likely N-dealkylation sites (N-methyl/N-ethyl adjacent to an activating group) is 1. The largest absolute Gasteiger partial charge is 0.355 e. The van der Waals surface area contributed by atoms with Crippen LogP contribution in [0.15, 0.2) is 36.5 Å². The Morgan fingerprint density at radius 1 is 1.17 bits per heavy atom. The van der Waals surface area contributed by atoms with E-state index in [-0.39, 0.29) is 5.91 Å². The molecule has 0 spiro atoms. The number of nitrogens with one attached hydrogen (secondary N) is 1. The second-order valence-electron chi connectivity index (χ2n) is 6.11. The van der Waals surface area contributed by atoms with Gasteiger partial charge in [-0.05, 0) is 43.8 Å². The molecule has 0 bridgehead atoms. The van der Waals surface area contributed by atoms with Crippen molar-refractivity contribution in [2.24, 2.45) is 0 Å². The van der Waals surface area contributed by atoms with E-state index >= 15 is 0 Å². The van der Waals surface area contributed by atoms with E-state index in [4.69, 9.17) is 11.6 Å². The molecule has 1 aromatic carbocycles. The van der Waals surface area contributed by atoms with E-state index in [2.05, 4.69) is 22.2 Å². The fourth-order valence-electron chi connectivity index (χ4n) is 2.68. The number of nitrogens with zero attached hydrogens (tertiary/aromatic N) is 3. The third-order valence-electron chi connectivity index (χ3n) is 4.25. The minimum absolute atomic E-state index is 0.0189. The number of carbonyl (C=O) groups excluding carboxylic acids is 1. The van der Waals surface area contributed by atoms with Gasteiger partial charge in [-0.2, -0.15) is 0 Å². The number of rotatable bonds is 3. The lowest BCUT2D eigenvalue weighted by Crippen LogP contribution is -2.47. The van der Waals surface area contributed by atoms with Crippen LogP contribution in [0.3, 0.4) is 0 Å². The van der Waals surface area contributed by atoms with Crippen LogP contribution in [0.5, 0.6) is 0 Å². The average molecular weight is 345 g/mol. The summed E-state index contributed by atoms with van der Waals surface area (Å²) in [6.07, 6.45) is 1.66. The van der Waals surface area contributed by atoms with E-state index in [9.17, 15) is 4.79 Å². The molecule has 126 valence electrons. The van der Waals surface area contributed by atoms with Gasteiger partial charge < -0.3 is 15.1 Å². The number of hydrogen-bond donors (Lipinski definition) is 1. The number of hydrogen-bond acceptors (Lipinski definition) is 4. The molecule has 0 radical (unpaired) electrons. The first-order valence-corrected chi connectivity index (χ1v) is 8.38. The van der Waals surface area contributed by atoms with Gasteiger partial charge in [-0.3, -0.25) is 9.78 Å². The summed E-state index contributed by atoms with van der Waals surface area (Å²) in [6.45, 7) is 5.27. The summed E-state index contributed by atoms with van der Waals surface area (Å²) in [5.41, 5.74) is 3.30. The van der Waals surface area contributed by atoms with E-state index in [1.807, 2.05) is 36.1 Å². The van der Waals surface area contributed by atoms with Gasteiger partial charge in [0.05, 0.1) is 0 Å². The number of piperazine rings is 1. The van der Waals surface area contributed by atoms with Gasteiger partial charge in [0, 0.05) is 48.8 Å². The van der Waals surface area contributed by atoms with E-state index < -0.39 is 0 Å². The van der Waals surface area contributed by atoms with Gasteiger partial charge in [0.2, 0.25) is 0 Å². The zero-order valence-corrected chi connectivity index (χ0v) is 14.7. The number of carbonyl (C=O) groups is 1. The highest BCUT2D eigenvalue weighted by atomic mass is 35.5. The summed E-state index contributed by atoms with van der Waals surface area (Å²) >= 11 is 6.06. The minimum atomic E-state index is -0.0189. The molecule has 24 heavy (non-hydrogen) atoms. The quantitative estimate of drug-likeness (QED) is 0.929. The number of aryl methyl sites for hydroxylation is 1. The summed E-state index contributed by atoms with van der Waals surface area (Å²) in [5, 5.41) is 3.99. The lowest BCUT2D eigenvalue weighted by atomic mass is 10.2. The summed E-state index contributed by atoms with van der Waals surface area (Å²) in [4.78, 5) is 20.9. The number of anilines is 2. The van der Waals surface area contributed by atoms with Gasteiger partial charge in [-0.15, -0.1) is 0 Å². The molecule has 1 aromatic heterocycles. The summed E-state index contributed by atoms with van der Waals surface area (Å²) < 4.78 is 0. The zero-order chi connectivity index (χ0) is 17.1. The fourth-order valence-corrected chi connectivity index (χ4v) is 2.85. The van der Waals surface area contributed by atoms with Crippen molar-refractivity contribution in [2.45, 2.75) is 6.92 Å². The summed E-state index contributed by atoms with van der Waals surface area (Å²) in [7, 11) is 2.07. The Hall–Kier alpha value is -2.11. The van der Waals surface area contributed by atoms with Gasteiger partial charge in [0.25, 0.3) is 5.91 Å². The summed E-state index contributed by atoms with van der Waals surface area (Å²) in [6, 6.07) is 9.33. The van der Waals surface area contributed by atoms with Crippen LogP contribution in [0.25, 0.3) is 0 Å². The molecule has 1 aliphatic heterocycles. The van der Waals surface area contributed by atoms with Crippen LogP contribution in [-0.2, 0) is 0 Å². The van der Waals surface area contributed by atoms with Crippen molar-refractivity contribution in [3.05, 3.63) is 52.8 Å². The van der Waals surface area contributed by atoms with Crippen LogP contribution in [0.4, 0.5) is 11.4 Å². The highest BCUT2D eigenvalue weighted by molar-refractivity contribution is 6.30. The van der Waals surface area contributed by atoms with Crippen molar-refractivity contribution < 1.29 is 4.79 Å². The molecule has 3 rings (SSSR count). The highest BCUT2D eigenvalue weighted by Gasteiger charge is 2.21. The molecular weight excluding hydrogens is 324 g/mol. The fraction of sp³-hybridized carbons (Fsp3) is 0.333. The van der Waals surface area contributed by atoms with Gasteiger partial charge in [0.15, 0.2) is 0 Å². The maximum Gasteiger partial charge on any atom is 0.272 e. The number of halogens is 1.